The Bertz CT molecular complexity index is 398. The molecule has 0 radical (unpaired) electrons. The van der Waals surface area contributed by atoms with Gasteiger partial charge < -0.3 is 15.0 Å². The van der Waals surface area contributed by atoms with Gasteiger partial charge in [-0.15, -0.1) is 0 Å². The van der Waals surface area contributed by atoms with Crippen LogP contribution in [0.4, 0.5) is 0 Å². The Morgan fingerprint density at radius 2 is 2.12 bits per heavy atom. The second-order valence-corrected chi connectivity index (χ2v) is 4.51. The fraction of sp³-hybridized carbons (Fsp3) is 0.429. The van der Waals surface area contributed by atoms with Gasteiger partial charge >= 0.3 is 0 Å². The number of nitrogens with zero attached hydrogens (tertiary/aromatic N) is 1. The molecule has 0 saturated carbocycles. The molecule has 1 fully saturated rings. The van der Waals surface area contributed by atoms with Gasteiger partial charge in [-0.1, -0.05) is 6.08 Å². The number of aliphatic hydroxyl groups excluding tert-OH is 1. The van der Waals surface area contributed by atoms with Crippen LogP contribution in [0.25, 0.3) is 12.2 Å². The normalized spacial score (nSPS) is 18.6. The molecule has 1 aromatic heterocycles. The minimum Gasteiger partial charge on any atom is -0.389 e. The van der Waals surface area contributed by atoms with E-state index in [1.54, 1.807) is 13.0 Å². The van der Waals surface area contributed by atoms with Crippen LogP contribution in [-0.2, 0) is 0 Å². The van der Waals surface area contributed by atoms with Gasteiger partial charge in [0.25, 0.3) is 0 Å². The minimum absolute atomic E-state index is 0.409. The Balaban J connectivity index is 2.03. The van der Waals surface area contributed by atoms with Crippen molar-refractivity contribution in [2.24, 2.45) is 0 Å². The SMILES string of the molecule is CC(O)/C=C/c1[nH]ccc1/C=C/N1CCCC1. The average molecular weight is 232 g/mol. The molecular weight excluding hydrogens is 212 g/mol. The standard InChI is InChI=1S/C14H20N2O/c1-12(17)4-5-14-13(6-8-15-14)7-11-16-9-2-3-10-16/h4-8,11-12,15,17H,2-3,9-10H2,1H3/b5-4+,11-7+. The first kappa shape index (κ1) is 12.0. The lowest BCUT2D eigenvalue weighted by molar-refractivity contribution is 0.245. The van der Waals surface area contributed by atoms with E-state index in [0.29, 0.717) is 0 Å². The number of H-pyrrole nitrogens is 1. The van der Waals surface area contributed by atoms with Gasteiger partial charge in [-0.05, 0) is 44.2 Å². The molecule has 3 nitrogen and oxygen atoms in total. The quantitative estimate of drug-likeness (QED) is 0.837. The van der Waals surface area contributed by atoms with E-state index in [0.717, 1.165) is 11.3 Å². The Morgan fingerprint density at radius 3 is 2.82 bits per heavy atom. The highest BCUT2D eigenvalue weighted by molar-refractivity contribution is 5.62. The first-order valence-electron chi connectivity index (χ1n) is 6.21. The molecule has 2 heterocycles. The smallest absolute Gasteiger partial charge is 0.0696 e. The summed E-state index contributed by atoms with van der Waals surface area (Å²) in [6.07, 6.45) is 12.1. The van der Waals surface area contributed by atoms with Crippen molar-refractivity contribution in [3.05, 3.63) is 35.8 Å². The zero-order valence-electron chi connectivity index (χ0n) is 10.3. The largest absolute Gasteiger partial charge is 0.389 e. The number of aliphatic hydroxyl groups is 1. The van der Waals surface area contributed by atoms with Crippen LogP contribution in [0.3, 0.4) is 0 Å². The molecule has 17 heavy (non-hydrogen) atoms. The van der Waals surface area contributed by atoms with Gasteiger partial charge in [0.1, 0.15) is 0 Å². The first-order valence-corrected chi connectivity index (χ1v) is 6.21. The third-order valence-electron chi connectivity index (χ3n) is 2.96. The van der Waals surface area contributed by atoms with Crippen LogP contribution >= 0.6 is 0 Å². The molecule has 0 amide bonds. The van der Waals surface area contributed by atoms with E-state index in [-0.39, 0.29) is 0 Å². The highest BCUT2D eigenvalue weighted by Crippen LogP contribution is 2.14. The zero-order valence-corrected chi connectivity index (χ0v) is 10.3. The summed E-state index contributed by atoms with van der Waals surface area (Å²) in [6, 6.07) is 2.05. The summed E-state index contributed by atoms with van der Waals surface area (Å²) in [4.78, 5) is 5.51. The summed E-state index contributed by atoms with van der Waals surface area (Å²) in [5.41, 5.74) is 2.20. The van der Waals surface area contributed by atoms with Crippen LogP contribution in [-0.4, -0.2) is 34.2 Å². The highest BCUT2D eigenvalue weighted by atomic mass is 16.3. The highest BCUT2D eigenvalue weighted by Gasteiger charge is 2.06. The number of nitrogens with one attached hydrogen (secondary N) is 1. The number of hydrogen-bond donors (Lipinski definition) is 2. The fourth-order valence-corrected chi connectivity index (χ4v) is 2.00. The van der Waals surface area contributed by atoms with Crippen molar-refractivity contribution >= 4 is 12.2 Å². The summed E-state index contributed by atoms with van der Waals surface area (Å²) in [5, 5.41) is 9.22. The van der Waals surface area contributed by atoms with Gasteiger partial charge in [0, 0.05) is 30.5 Å². The van der Waals surface area contributed by atoms with Crippen LogP contribution in [0, 0.1) is 0 Å². The topological polar surface area (TPSA) is 39.3 Å². The van der Waals surface area contributed by atoms with Crippen molar-refractivity contribution in [1.29, 1.82) is 0 Å². The van der Waals surface area contributed by atoms with Crippen molar-refractivity contribution in [2.75, 3.05) is 13.1 Å². The summed E-state index contributed by atoms with van der Waals surface area (Å²) in [5.74, 6) is 0. The van der Waals surface area contributed by atoms with Crippen molar-refractivity contribution < 1.29 is 5.11 Å². The Kier molecular flexibility index (Phi) is 4.04. The van der Waals surface area contributed by atoms with Crippen LogP contribution in [0.2, 0.25) is 0 Å². The van der Waals surface area contributed by atoms with Crippen LogP contribution < -0.4 is 0 Å². The number of rotatable bonds is 4. The maximum Gasteiger partial charge on any atom is 0.0696 e. The van der Waals surface area contributed by atoms with E-state index in [4.69, 9.17) is 0 Å². The Labute approximate surface area is 102 Å². The lowest BCUT2D eigenvalue weighted by Gasteiger charge is -2.09. The lowest BCUT2D eigenvalue weighted by Crippen LogP contribution is -2.09. The van der Waals surface area contributed by atoms with Gasteiger partial charge in [0.05, 0.1) is 6.10 Å². The zero-order chi connectivity index (χ0) is 12.1. The average Bonchev–Trinajstić information content (AvgIpc) is 2.95. The maximum absolute atomic E-state index is 9.22. The Hall–Kier alpha value is -1.48. The molecule has 1 aliphatic rings. The fourth-order valence-electron chi connectivity index (χ4n) is 2.00. The molecule has 2 rings (SSSR count). The summed E-state index contributed by atoms with van der Waals surface area (Å²) in [6.45, 7) is 4.08. The van der Waals surface area contributed by atoms with Gasteiger partial charge in [0.15, 0.2) is 0 Å². The molecular formula is C14H20N2O. The second kappa shape index (κ2) is 5.73. The number of aromatic nitrogens is 1. The molecule has 0 spiro atoms. The lowest BCUT2D eigenvalue weighted by atomic mass is 10.2. The van der Waals surface area contributed by atoms with Crippen LogP contribution in [0.15, 0.2) is 24.5 Å². The van der Waals surface area contributed by atoms with Gasteiger partial charge in [-0.25, -0.2) is 0 Å². The van der Waals surface area contributed by atoms with Crippen molar-refractivity contribution in [3.63, 3.8) is 0 Å². The minimum atomic E-state index is -0.409. The molecule has 1 saturated heterocycles. The number of aromatic amines is 1. The third-order valence-corrected chi connectivity index (χ3v) is 2.96. The monoisotopic (exact) mass is 232 g/mol. The predicted octanol–water partition coefficient (Wildman–Crippen LogP) is 2.48. The summed E-state index contributed by atoms with van der Waals surface area (Å²) >= 11 is 0. The molecule has 1 unspecified atom stereocenters. The molecule has 1 aromatic rings. The van der Waals surface area contributed by atoms with Crippen molar-refractivity contribution in [1.82, 2.24) is 9.88 Å². The number of likely N-dealkylation sites (tertiary alicyclic amines) is 1. The summed E-state index contributed by atoms with van der Waals surface area (Å²) < 4.78 is 0. The molecule has 0 bridgehead atoms. The van der Waals surface area contributed by atoms with Crippen molar-refractivity contribution in [3.8, 4) is 0 Å². The van der Waals surface area contributed by atoms with E-state index in [9.17, 15) is 5.11 Å². The third kappa shape index (κ3) is 3.49. The first-order chi connectivity index (χ1) is 8.25. The van der Waals surface area contributed by atoms with E-state index in [1.165, 1.54) is 25.9 Å². The molecule has 92 valence electrons. The van der Waals surface area contributed by atoms with E-state index in [1.807, 2.05) is 18.3 Å². The van der Waals surface area contributed by atoms with E-state index < -0.39 is 6.10 Å². The van der Waals surface area contributed by atoms with Gasteiger partial charge in [-0.3, -0.25) is 0 Å². The molecule has 0 aliphatic carbocycles. The molecule has 0 aromatic carbocycles. The predicted molar refractivity (Wildman–Crippen MR) is 71.3 cm³/mol. The van der Waals surface area contributed by atoms with Crippen LogP contribution in [0.1, 0.15) is 31.0 Å². The molecule has 3 heteroatoms. The maximum atomic E-state index is 9.22. The molecule has 2 N–H and O–H groups in total. The van der Waals surface area contributed by atoms with E-state index >= 15 is 0 Å². The van der Waals surface area contributed by atoms with Gasteiger partial charge in [-0.2, -0.15) is 0 Å². The molecule has 1 aliphatic heterocycles. The molecule has 1 atom stereocenters. The van der Waals surface area contributed by atoms with Crippen molar-refractivity contribution in [2.45, 2.75) is 25.9 Å². The summed E-state index contributed by atoms with van der Waals surface area (Å²) in [7, 11) is 0. The Morgan fingerprint density at radius 1 is 1.35 bits per heavy atom. The van der Waals surface area contributed by atoms with Gasteiger partial charge in [0.2, 0.25) is 0 Å². The van der Waals surface area contributed by atoms with E-state index in [2.05, 4.69) is 22.2 Å². The second-order valence-electron chi connectivity index (χ2n) is 4.51. The van der Waals surface area contributed by atoms with Crippen LogP contribution in [0.5, 0.6) is 0 Å². The number of hydrogen-bond acceptors (Lipinski definition) is 2.